The van der Waals surface area contributed by atoms with Gasteiger partial charge in [-0.05, 0) is 64.0 Å². The van der Waals surface area contributed by atoms with Gasteiger partial charge >= 0.3 is 5.97 Å². The van der Waals surface area contributed by atoms with Crippen LogP contribution in [-0.2, 0) is 35.1 Å². The van der Waals surface area contributed by atoms with Crippen molar-refractivity contribution in [1.82, 2.24) is 16.0 Å². The lowest BCUT2D eigenvalue weighted by Crippen LogP contribution is -2.55. The molecule has 0 spiro atoms. The molecule has 5 N–H and O–H groups in total. The van der Waals surface area contributed by atoms with Crippen LogP contribution in [-0.4, -0.2) is 70.1 Å². The number of hydrogen-bond donors (Lipinski definition) is 5. The van der Waals surface area contributed by atoms with Gasteiger partial charge < -0.3 is 26.2 Å². The smallest absolute Gasteiger partial charge is 0.303 e. The maximum atomic E-state index is 14.7. The van der Waals surface area contributed by atoms with Crippen LogP contribution >= 0.6 is 23.5 Å². The zero-order chi connectivity index (χ0) is 51.9. The zero-order valence-corrected chi connectivity index (χ0v) is 43.1. The first-order valence-electron chi connectivity index (χ1n) is 25.3. The van der Waals surface area contributed by atoms with Crippen molar-refractivity contribution in [3.8, 4) is 0 Å². The average molecular weight is 1020 g/mol. The predicted molar refractivity (Wildman–Crippen MR) is 301 cm³/mol. The van der Waals surface area contributed by atoms with E-state index in [1.54, 1.807) is 6.08 Å². The summed E-state index contributed by atoms with van der Waals surface area (Å²) in [5.41, 5.74) is 7.26. The Balaban J connectivity index is 1.07. The number of amides is 3. The van der Waals surface area contributed by atoms with Crippen LogP contribution in [0.4, 0.5) is 0 Å². The average Bonchev–Trinajstić information content (AvgIpc) is 3.44. The van der Waals surface area contributed by atoms with Crippen LogP contribution in [0.25, 0.3) is 0 Å². The van der Waals surface area contributed by atoms with E-state index in [4.69, 9.17) is 5.11 Å². The van der Waals surface area contributed by atoms with Crippen LogP contribution in [0.5, 0.6) is 0 Å². The molecule has 0 aliphatic carbocycles. The molecule has 0 saturated heterocycles. The third-order valence-electron chi connectivity index (χ3n) is 12.8. The second-order valence-corrected chi connectivity index (χ2v) is 20.6. The van der Waals surface area contributed by atoms with E-state index in [-0.39, 0.29) is 25.0 Å². The number of nitrogens with one attached hydrogen (secondary N) is 3. The number of aliphatic hydroxyl groups excluding tert-OH is 1. The largest absolute Gasteiger partial charge is 0.481 e. The third kappa shape index (κ3) is 15.0. The molecule has 7 aromatic carbocycles. The summed E-state index contributed by atoms with van der Waals surface area (Å²) >= 11 is 3.35. The first kappa shape index (κ1) is 54.6. The van der Waals surface area contributed by atoms with Gasteiger partial charge in [0.05, 0.1) is 22.0 Å². The fourth-order valence-corrected chi connectivity index (χ4v) is 12.2. The van der Waals surface area contributed by atoms with Crippen LogP contribution < -0.4 is 16.0 Å². The molecule has 0 aromatic heterocycles. The van der Waals surface area contributed by atoms with E-state index in [0.717, 1.165) is 38.9 Å². The molecular formula is C63H65N3O6S2. The van der Waals surface area contributed by atoms with Crippen LogP contribution in [0.1, 0.15) is 77.5 Å². The molecule has 0 radical (unpaired) electrons. The van der Waals surface area contributed by atoms with E-state index in [2.05, 4.69) is 125 Å². The number of carbonyl (C=O) groups excluding carboxylic acids is 3. The normalized spacial score (nSPS) is 12.8. The van der Waals surface area contributed by atoms with Crippen LogP contribution in [0.15, 0.2) is 224 Å². The van der Waals surface area contributed by atoms with Crippen molar-refractivity contribution in [3.63, 3.8) is 0 Å². The lowest BCUT2D eigenvalue weighted by atomic mass is 9.84. The van der Waals surface area contributed by atoms with Crippen LogP contribution in [0.2, 0.25) is 0 Å². The van der Waals surface area contributed by atoms with E-state index >= 15 is 0 Å². The van der Waals surface area contributed by atoms with E-state index in [0.29, 0.717) is 38.0 Å². The van der Waals surface area contributed by atoms with Gasteiger partial charge in [0.15, 0.2) is 0 Å². The highest BCUT2D eigenvalue weighted by Crippen LogP contribution is 2.50. The summed E-state index contributed by atoms with van der Waals surface area (Å²) in [5, 5.41) is 29.3. The van der Waals surface area contributed by atoms with Gasteiger partial charge in [-0.2, -0.15) is 0 Å². The summed E-state index contributed by atoms with van der Waals surface area (Å²) < 4.78 is -1.28. The zero-order valence-electron chi connectivity index (χ0n) is 41.5. The Morgan fingerprint density at radius 1 is 0.500 bits per heavy atom. The van der Waals surface area contributed by atoms with Crippen molar-refractivity contribution in [2.75, 3.05) is 18.1 Å². The Labute approximate surface area is 444 Å². The van der Waals surface area contributed by atoms with Crippen molar-refractivity contribution in [3.05, 3.63) is 263 Å². The second-order valence-electron chi connectivity index (χ2n) is 18.1. The highest BCUT2D eigenvalue weighted by atomic mass is 32.2. The van der Waals surface area contributed by atoms with Crippen molar-refractivity contribution < 1.29 is 29.4 Å². The van der Waals surface area contributed by atoms with E-state index in [9.17, 15) is 24.3 Å². The lowest BCUT2D eigenvalue weighted by molar-refractivity contribution is -0.137. The standard InChI is InChI=1S/C63H65N3O6S2/c67-55(41-24-26-44-73-62(49-29-11-2-12-30-49,50-31-13-3-14-32-50)51-33-15-4-16-34-51)46-58(68)65-56(45-48-27-9-1-10-28-48)61(72)66-57(60(71)64-43-25-8-23-42-59(69)70)47-74-63(52-35-17-5-18-36-52,53-37-19-6-20-38-53)54-39-21-7-22-40-54/h1-7,9-22,24,27-41,55-57,67H,8,23,25-26,42-47H2,(H,64,71)(H,65,68)(H,66,72)(H,69,70)/t55-,56-,57-/m1/s1. The highest BCUT2D eigenvalue weighted by Gasteiger charge is 2.40. The minimum absolute atomic E-state index is 0.0466. The Kier molecular flexibility index (Phi) is 20.9. The minimum atomic E-state index is -1.12. The van der Waals surface area contributed by atoms with Gasteiger partial charge in [0.1, 0.15) is 12.1 Å². The summed E-state index contributed by atoms with van der Waals surface area (Å²) in [5.74, 6) is -1.47. The molecule has 0 aliphatic heterocycles. The van der Waals surface area contributed by atoms with Crippen LogP contribution in [0, 0.1) is 0 Å². The number of thioether (sulfide) groups is 2. The summed E-state index contributed by atoms with van der Waals surface area (Å²) in [7, 11) is 0. The quantitative estimate of drug-likeness (QED) is 0.0185. The summed E-state index contributed by atoms with van der Waals surface area (Å²) in [6, 6.07) is 68.9. The monoisotopic (exact) mass is 1020 g/mol. The Morgan fingerprint density at radius 2 is 0.919 bits per heavy atom. The molecule has 9 nitrogen and oxygen atoms in total. The number of unbranched alkanes of at least 4 members (excludes halogenated alkanes) is 2. The number of carbonyl (C=O) groups is 4. The van der Waals surface area contributed by atoms with E-state index < -0.39 is 51.4 Å². The molecule has 0 heterocycles. The van der Waals surface area contributed by atoms with Crippen molar-refractivity contribution in [2.24, 2.45) is 0 Å². The summed E-state index contributed by atoms with van der Waals surface area (Å²) in [6.45, 7) is 0.291. The van der Waals surface area contributed by atoms with Crippen molar-refractivity contribution in [1.29, 1.82) is 0 Å². The fraction of sp³-hybridized carbons (Fsp3) is 0.238. The molecule has 3 atom stereocenters. The number of allylic oxidation sites excluding steroid dienone is 1. The minimum Gasteiger partial charge on any atom is -0.481 e. The number of benzene rings is 7. The topological polar surface area (TPSA) is 145 Å². The number of aliphatic hydroxyl groups is 1. The van der Waals surface area contributed by atoms with Gasteiger partial charge in [-0.25, -0.2) is 0 Å². The first-order chi connectivity index (χ1) is 36.2. The molecule has 380 valence electrons. The molecule has 7 rings (SSSR count). The highest BCUT2D eigenvalue weighted by molar-refractivity contribution is 8.00. The van der Waals surface area contributed by atoms with Gasteiger partial charge in [0, 0.05) is 25.1 Å². The molecular weight excluding hydrogens is 959 g/mol. The van der Waals surface area contributed by atoms with Crippen molar-refractivity contribution >= 4 is 47.2 Å². The Morgan fingerprint density at radius 3 is 1.35 bits per heavy atom. The molecule has 0 fully saturated rings. The maximum absolute atomic E-state index is 14.7. The second kappa shape index (κ2) is 28.3. The van der Waals surface area contributed by atoms with Crippen molar-refractivity contribution in [2.45, 2.75) is 72.6 Å². The first-order valence-corrected chi connectivity index (χ1v) is 27.2. The van der Waals surface area contributed by atoms with Gasteiger partial charge in [0.2, 0.25) is 17.7 Å². The Hall–Kier alpha value is -7.18. The third-order valence-corrected chi connectivity index (χ3v) is 16.1. The van der Waals surface area contributed by atoms with Crippen LogP contribution in [0.3, 0.4) is 0 Å². The number of carboxylic acid groups (broad SMARTS) is 1. The number of carboxylic acids is 1. The van der Waals surface area contributed by atoms with Gasteiger partial charge in [-0.1, -0.05) is 231 Å². The SMILES string of the molecule is O=C(O)CCCCCNC(=O)[C@@H](CSC(c1ccccc1)(c1ccccc1)c1ccccc1)NC(=O)[C@@H](Cc1ccccc1)NC(=O)C[C@H](O)C=CCCSC(c1ccccc1)(c1ccccc1)c1ccccc1. The molecule has 7 aromatic rings. The molecule has 74 heavy (non-hydrogen) atoms. The summed E-state index contributed by atoms with van der Waals surface area (Å²) in [6.07, 6.45) is 4.62. The number of hydrogen-bond acceptors (Lipinski definition) is 7. The van der Waals surface area contributed by atoms with E-state index in [1.165, 1.54) is 11.8 Å². The lowest BCUT2D eigenvalue weighted by Gasteiger charge is -2.36. The van der Waals surface area contributed by atoms with Gasteiger partial charge in [-0.15, -0.1) is 23.5 Å². The van der Waals surface area contributed by atoms with E-state index in [1.807, 2.05) is 121 Å². The molecule has 11 heteroatoms. The molecule has 3 amide bonds. The predicted octanol–water partition coefficient (Wildman–Crippen LogP) is 11.1. The fourth-order valence-electron chi connectivity index (χ4n) is 9.22. The van der Waals surface area contributed by atoms with Gasteiger partial charge in [0.25, 0.3) is 0 Å². The molecule has 0 saturated carbocycles. The molecule has 0 bridgehead atoms. The number of aliphatic carboxylic acids is 1. The maximum Gasteiger partial charge on any atom is 0.303 e. The molecule has 0 unspecified atom stereocenters. The Bertz CT molecular complexity index is 2630. The van der Waals surface area contributed by atoms with Gasteiger partial charge in [-0.3, -0.25) is 19.2 Å². The molecule has 0 aliphatic rings. The number of rotatable bonds is 28. The summed E-state index contributed by atoms with van der Waals surface area (Å²) in [4.78, 5) is 54.0.